The van der Waals surface area contributed by atoms with Gasteiger partial charge in [-0.15, -0.1) is 0 Å². The molecule has 234 valence electrons. The Kier molecular flexibility index (Phi) is 8.17. The first-order valence-electron chi connectivity index (χ1n) is 16.6. The third-order valence-corrected chi connectivity index (χ3v) is 9.68. The molecule has 0 aliphatic carbocycles. The molecule has 0 aromatic heterocycles. The molecule has 0 amide bonds. The number of hydrogen-bond acceptors (Lipinski definition) is 1. The minimum atomic E-state index is 0. The van der Waals surface area contributed by atoms with Crippen LogP contribution in [0.2, 0.25) is 0 Å². The summed E-state index contributed by atoms with van der Waals surface area (Å²) in [5.74, 6) is 0. The van der Waals surface area contributed by atoms with Crippen LogP contribution in [-0.4, -0.2) is 0 Å². The Morgan fingerprint density at radius 3 is 1.20 bits per heavy atom. The number of fused-ring (bicyclic) bond motifs is 3. The summed E-state index contributed by atoms with van der Waals surface area (Å²) in [5, 5.41) is 2.49. The van der Waals surface area contributed by atoms with E-state index < -0.39 is 0 Å². The van der Waals surface area contributed by atoms with Gasteiger partial charge < -0.3 is 21.9 Å². The molecule has 0 atom stereocenters. The zero-order valence-electron chi connectivity index (χ0n) is 26.9. The highest BCUT2D eigenvalue weighted by atomic mass is 79.9. The van der Waals surface area contributed by atoms with Gasteiger partial charge in [-0.2, -0.15) is 0 Å². The van der Waals surface area contributed by atoms with Crippen LogP contribution >= 0.6 is 0 Å². The fourth-order valence-corrected chi connectivity index (χ4v) is 7.22. The SMILES string of the molecule is [Br-].c1ccc(-c2ccc(-c3ccc4c(c3)Cc3cc(-c5ccc(-c6ccccc6)cc5)ccc3N4c3cccc4ccccc34)cc2)cc1. The Morgan fingerprint density at radius 2 is 0.694 bits per heavy atom. The Morgan fingerprint density at radius 1 is 0.306 bits per heavy atom. The summed E-state index contributed by atoms with van der Waals surface area (Å²) >= 11 is 0. The van der Waals surface area contributed by atoms with E-state index in [0.717, 1.165) is 6.42 Å². The molecule has 1 aliphatic rings. The summed E-state index contributed by atoms with van der Waals surface area (Å²) in [4.78, 5) is 2.47. The van der Waals surface area contributed by atoms with E-state index in [0.29, 0.717) is 0 Å². The fraction of sp³-hybridized carbons (Fsp3) is 0.0213. The zero-order chi connectivity index (χ0) is 31.9. The second-order valence-electron chi connectivity index (χ2n) is 12.6. The van der Waals surface area contributed by atoms with Gasteiger partial charge in [-0.05, 0) is 91.4 Å². The molecule has 0 fully saturated rings. The van der Waals surface area contributed by atoms with Gasteiger partial charge in [0, 0.05) is 23.2 Å². The summed E-state index contributed by atoms with van der Waals surface area (Å²) in [6.07, 6.45) is 0.873. The Bertz CT molecular complexity index is 2260. The molecule has 0 N–H and O–H groups in total. The number of rotatable bonds is 5. The minimum absolute atomic E-state index is 0. The Hall–Kier alpha value is -5.70. The normalized spacial score (nSPS) is 11.8. The molecule has 0 unspecified atom stereocenters. The first kappa shape index (κ1) is 30.6. The van der Waals surface area contributed by atoms with Crippen molar-refractivity contribution in [1.82, 2.24) is 0 Å². The number of halogens is 1. The molecule has 0 radical (unpaired) electrons. The van der Waals surface area contributed by atoms with Crippen molar-refractivity contribution in [2.24, 2.45) is 0 Å². The van der Waals surface area contributed by atoms with Gasteiger partial charge in [0.05, 0.1) is 5.69 Å². The molecule has 0 bridgehead atoms. The largest absolute Gasteiger partial charge is 1.00 e. The van der Waals surface area contributed by atoms with Crippen molar-refractivity contribution in [2.75, 3.05) is 4.90 Å². The molecule has 9 rings (SSSR count). The molecule has 0 saturated carbocycles. The maximum atomic E-state index is 2.47. The van der Waals surface area contributed by atoms with E-state index in [-0.39, 0.29) is 17.0 Å². The van der Waals surface area contributed by atoms with Crippen molar-refractivity contribution in [1.29, 1.82) is 0 Å². The van der Waals surface area contributed by atoms with Gasteiger partial charge in [-0.25, -0.2) is 0 Å². The van der Waals surface area contributed by atoms with Crippen LogP contribution in [0.1, 0.15) is 11.1 Å². The minimum Gasteiger partial charge on any atom is -1.00 e. The standard InChI is InChI=1S/C47H33N.BrH/c1-3-10-33(11-4-1)35-18-22-37(23-19-35)40-26-28-45-42(30-40)32-43-31-41(38-24-20-36(21-25-38)34-12-5-2-6-13-34)27-29-46(43)48(45)47-17-9-15-39-14-7-8-16-44(39)47;/h1-31H,32H2;1H/p-1. The average Bonchev–Trinajstić information content (AvgIpc) is 3.17. The predicted molar refractivity (Wildman–Crippen MR) is 203 cm³/mol. The van der Waals surface area contributed by atoms with Crippen LogP contribution < -0.4 is 21.9 Å². The van der Waals surface area contributed by atoms with Crippen molar-refractivity contribution < 1.29 is 17.0 Å². The molecule has 1 nitrogen and oxygen atoms in total. The van der Waals surface area contributed by atoms with E-state index in [1.807, 2.05) is 0 Å². The summed E-state index contributed by atoms with van der Waals surface area (Å²) < 4.78 is 0. The molecule has 1 aliphatic heterocycles. The maximum absolute atomic E-state index is 2.47. The quantitative estimate of drug-likeness (QED) is 0.174. The van der Waals surface area contributed by atoms with Crippen molar-refractivity contribution in [3.05, 3.63) is 199 Å². The van der Waals surface area contributed by atoms with Crippen molar-refractivity contribution in [3.8, 4) is 44.5 Å². The smallest absolute Gasteiger partial charge is 0.0540 e. The number of benzene rings is 8. The monoisotopic (exact) mass is 690 g/mol. The van der Waals surface area contributed by atoms with Crippen LogP contribution in [0.3, 0.4) is 0 Å². The van der Waals surface area contributed by atoms with E-state index in [4.69, 9.17) is 0 Å². The second kappa shape index (κ2) is 13.1. The van der Waals surface area contributed by atoms with Gasteiger partial charge >= 0.3 is 0 Å². The molecule has 0 saturated heterocycles. The van der Waals surface area contributed by atoms with E-state index in [1.165, 1.54) is 83.5 Å². The molecule has 8 aromatic carbocycles. The van der Waals surface area contributed by atoms with Crippen LogP contribution in [0.4, 0.5) is 17.1 Å². The lowest BCUT2D eigenvalue weighted by Gasteiger charge is -2.35. The highest BCUT2D eigenvalue weighted by Gasteiger charge is 2.26. The molecule has 49 heavy (non-hydrogen) atoms. The number of nitrogens with zero attached hydrogens (tertiary/aromatic N) is 1. The zero-order valence-corrected chi connectivity index (χ0v) is 28.5. The van der Waals surface area contributed by atoms with E-state index in [1.54, 1.807) is 0 Å². The molecule has 1 heterocycles. The molecular weight excluding hydrogens is 658 g/mol. The van der Waals surface area contributed by atoms with E-state index >= 15 is 0 Å². The lowest BCUT2D eigenvalue weighted by molar-refractivity contribution is -0.00000895. The topological polar surface area (TPSA) is 3.24 Å². The average molecular weight is 692 g/mol. The van der Waals surface area contributed by atoms with Gasteiger partial charge in [0.15, 0.2) is 0 Å². The van der Waals surface area contributed by atoms with E-state index in [9.17, 15) is 0 Å². The Labute approximate surface area is 298 Å². The molecule has 0 spiro atoms. The summed E-state index contributed by atoms with van der Waals surface area (Å²) in [6, 6.07) is 68.4. The number of anilines is 3. The maximum Gasteiger partial charge on any atom is 0.0540 e. The lowest BCUT2D eigenvalue weighted by atomic mass is 9.89. The fourth-order valence-electron chi connectivity index (χ4n) is 7.22. The van der Waals surface area contributed by atoms with Crippen LogP contribution in [0.15, 0.2) is 188 Å². The van der Waals surface area contributed by atoms with Gasteiger partial charge in [-0.3, -0.25) is 0 Å². The lowest BCUT2D eigenvalue weighted by Crippen LogP contribution is -3.00. The third kappa shape index (κ3) is 5.75. The third-order valence-electron chi connectivity index (χ3n) is 9.68. The van der Waals surface area contributed by atoms with Crippen molar-refractivity contribution in [2.45, 2.75) is 6.42 Å². The Balaban J connectivity index is 0.00000348. The number of hydrogen-bond donors (Lipinski definition) is 0. The predicted octanol–water partition coefficient (Wildman–Crippen LogP) is 9.89. The van der Waals surface area contributed by atoms with Crippen LogP contribution in [-0.2, 0) is 6.42 Å². The van der Waals surface area contributed by atoms with Crippen LogP contribution in [0.5, 0.6) is 0 Å². The summed E-state index contributed by atoms with van der Waals surface area (Å²) in [5.41, 5.74) is 16.2. The van der Waals surface area contributed by atoms with Gasteiger partial charge in [0.2, 0.25) is 0 Å². The highest BCUT2D eigenvalue weighted by Crippen LogP contribution is 2.47. The second-order valence-corrected chi connectivity index (χ2v) is 12.6. The van der Waals surface area contributed by atoms with E-state index in [2.05, 4.69) is 193 Å². The first-order chi connectivity index (χ1) is 23.8. The van der Waals surface area contributed by atoms with Crippen LogP contribution in [0.25, 0.3) is 55.3 Å². The van der Waals surface area contributed by atoms with Crippen LogP contribution in [0, 0.1) is 0 Å². The van der Waals surface area contributed by atoms with Crippen molar-refractivity contribution >= 4 is 27.8 Å². The highest BCUT2D eigenvalue weighted by molar-refractivity contribution is 6.00. The molecule has 2 heteroatoms. The molecule has 8 aromatic rings. The van der Waals surface area contributed by atoms with Gasteiger partial charge in [0.1, 0.15) is 0 Å². The van der Waals surface area contributed by atoms with Crippen molar-refractivity contribution in [3.63, 3.8) is 0 Å². The van der Waals surface area contributed by atoms with Gasteiger partial charge in [0.25, 0.3) is 0 Å². The summed E-state index contributed by atoms with van der Waals surface area (Å²) in [7, 11) is 0. The summed E-state index contributed by atoms with van der Waals surface area (Å²) in [6.45, 7) is 0. The molecular formula is C47H33BrN-. The van der Waals surface area contributed by atoms with Gasteiger partial charge in [-0.1, -0.05) is 158 Å². The first-order valence-corrected chi connectivity index (χ1v) is 16.6.